The van der Waals surface area contributed by atoms with Crippen molar-refractivity contribution in [2.75, 3.05) is 57.3 Å². The molecular weight excluding hydrogens is 1250 g/mol. The third-order valence-corrected chi connectivity index (χ3v) is 20.2. The fraction of sp³-hybridized carbons (Fsp3) is 0.411. The first-order valence-corrected chi connectivity index (χ1v) is 34.5. The van der Waals surface area contributed by atoms with Gasteiger partial charge in [0, 0.05) is 77.5 Å². The first-order chi connectivity index (χ1) is 40.0. The Bertz CT molecular complexity index is 4120. The van der Waals surface area contributed by atoms with Gasteiger partial charge in [-0.1, -0.05) is 61.5 Å². The fourth-order valence-electron chi connectivity index (χ4n) is 11.2. The molecule has 1 fully saturated rings. The van der Waals surface area contributed by atoms with Crippen LogP contribution in [0.25, 0.3) is 21.5 Å². The molecule has 30 heteroatoms. The van der Waals surface area contributed by atoms with E-state index in [1.54, 1.807) is 56.0 Å². The van der Waals surface area contributed by atoms with E-state index in [0.717, 1.165) is 12.1 Å². The van der Waals surface area contributed by atoms with Gasteiger partial charge in [0.05, 0.1) is 42.0 Å². The maximum Gasteiger partial charge on any atom is 0.333 e. The van der Waals surface area contributed by atoms with Crippen molar-refractivity contribution >= 4 is 107 Å². The Morgan fingerprint density at radius 1 is 0.733 bits per heavy atom. The highest BCUT2D eigenvalue weighted by atomic mass is 35.5. The number of hydrogen-bond acceptors (Lipinski definition) is 18. The Morgan fingerprint density at radius 3 is 1.88 bits per heavy atom. The Morgan fingerprint density at radius 2 is 1.30 bits per heavy atom. The van der Waals surface area contributed by atoms with Gasteiger partial charge < -0.3 is 23.9 Å². The second-order valence-electron chi connectivity index (χ2n) is 21.3. The zero-order valence-corrected chi connectivity index (χ0v) is 52.0. The number of nitrogens with zero attached hydrogens (tertiary/aromatic N) is 2. The Kier molecular flexibility index (Phi) is 20.9. The molecule has 86 heavy (non-hydrogen) atoms. The number of hydrogen-bond donors (Lipinski definition) is 5. The number of methoxy groups -OCH3 is 1. The number of amides is 2. The lowest BCUT2D eigenvalue weighted by Gasteiger charge is -2.34. The van der Waals surface area contributed by atoms with Crippen LogP contribution in [-0.4, -0.2) is 140 Å². The van der Waals surface area contributed by atoms with Crippen molar-refractivity contribution in [1.82, 2.24) is 5.06 Å². The number of imide groups is 1. The minimum Gasteiger partial charge on any atom is -0.382 e. The van der Waals surface area contributed by atoms with Crippen molar-refractivity contribution in [3.8, 4) is 0 Å². The summed E-state index contributed by atoms with van der Waals surface area (Å²) < 4.78 is 194. The third kappa shape index (κ3) is 15.4. The quantitative estimate of drug-likeness (QED) is 0.0163. The van der Waals surface area contributed by atoms with E-state index in [-0.39, 0.29) is 116 Å². The molecule has 0 spiro atoms. The number of hydroxylamine groups is 2. The van der Waals surface area contributed by atoms with E-state index in [2.05, 4.69) is 6.58 Å². The van der Waals surface area contributed by atoms with Crippen LogP contribution in [-0.2, 0) is 94.9 Å². The van der Waals surface area contributed by atoms with Crippen molar-refractivity contribution in [3.05, 3.63) is 124 Å². The standard InChI is InChI=1S/C56H65ClN2O22S5/c1-35-12-16-41-43(31-39(83(66,67)68)33-46(41)85(72,73)74)52(35)55(3,22-8-30-82(63,64)65)36(2)13-14-37-9-6-10-38(54(37)57)15-19-48-56(4,23-25-79-28-29-80-27-26-78-5)53-44-32-40(84(69,70)71)34-47(86(75,76)77)42(44)17-18-45(53)58(48)24-7-11-51(62)81-59-49(60)20-21-50(59)61/h12-19,31-34H,2,6-11,20-30H2,1,3-5H3,(H,63,64,65)(H,66,67,68)(H,69,70,71)(H,72,73,74)(H,75,76,77)/b14-13+,38-15+,48-19+. The molecule has 0 bridgehead atoms. The average Bonchev–Trinajstić information content (AvgIpc) is 1.45. The predicted molar refractivity (Wildman–Crippen MR) is 315 cm³/mol. The summed E-state index contributed by atoms with van der Waals surface area (Å²) in [7, 11) is -23.5. The van der Waals surface area contributed by atoms with E-state index in [1.807, 2.05) is 0 Å². The molecule has 1 aliphatic carbocycles. The number of halogens is 1. The lowest BCUT2D eigenvalue weighted by molar-refractivity contribution is -0.197. The number of allylic oxidation sites excluding steroid dienone is 9. The van der Waals surface area contributed by atoms with Gasteiger partial charge in [0.1, 0.15) is 9.79 Å². The fourth-order valence-corrected chi connectivity index (χ4v) is 14.7. The van der Waals surface area contributed by atoms with Crippen LogP contribution in [0.2, 0.25) is 0 Å². The Hall–Kier alpha value is -5.77. The van der Waals surface area contributed by atoms with Gasteiger partial charge in [-0.2, -0.15) is 42.1 Å². The minimum atomic E-state index is -5.15. The SMILES string of the molecule is C=C(/C=C/C1=C(Cl)C(=C/C=C2/N(CCCC(=O)ON3C(=O)CCC3=O)c3ccc4c(S(=O)(=O)O)cc(S(=O)(=O)O)cc4c3C2(C)CCOCCOCCOC)/CCC1)C(C)(CCCS(=O)(=O)O)c1c(C)ccc2c(S(=O)(=O)O)cc(S(=O)(=O)O)cc12. The molecule has 24 nitrogen and oxygen atoms in total. The summed E-state index contributed by atoms with van der Waals surface area (Å²) in [5, 5.41) is 0.422. The van der Waals surface area contributed by atoms with Gasteiger partial charge in [-0.25, -0.2) is 4.79 Å². The number of aryl methyl sites for hydroxylation is 1. The van der Waals surface area contributed by atoms with Crippen LogP contribution in [0.1, 0.15) is 94.7 Å². The molecule has 1 saturated heterocycles. The maximum absolute atomic E-state index is 13.2. The largest absolute Gasteiger partial charge is 0.382 e. The van der Waals surface area contributed by atoms with Gasteiger partial charge in [-0.3, -0.25) is 32.4 Å². The number of rotatable bonds is 27. The molecule has 0 saturated carbocycles. The molecule has 0 aromatic heterocycles. The van der Waals surface area contributed by atoms with Crippen molar-refractivity contribution in [2.45, 2.75) is 115 Å². The molecule has 2 aliphatic heterocycles. The molecular formula is C56H65ClN2O22S5. The second kappa shape index (κ2) is 26.5. The smallest absolute Gasteiger partial charge is 0.333 e. The summed E-state index contributed by atoms with van der Waals surface area (Å²) in [6.45, 7) is 10.3. The van der Waals surface area contributed by atoms with Crippen molar-refractivity contribution in [2.24, 2.45) is 0 Å². The minimum absolute atomic E-state index is 0.00450. The van der Waals surface area contributed by atoms with Gasteiger partial charge in [0.25, 0.3) is 62.4 Å². The van der Waals surface area contributed by atoms with Gasteiger partial charge in [-0.15, -0.1) is 5.06 Å². The van der Waals surface area contributed by atoms with Gasteiger partial charge in [0.15, 0.2) is 0 Å². The molecule has 5 N–H and O–H groups in total. The summed E-state index contributed by atoms with van der Waals surface area (Å²) in [6, 6.07) is 9.11. The second-order valence-corrected chi connectivity index (χ2v) is 28.8. The highest BCUT2D eigenvalue weighted by Crippen LogP contribution is 2.54. The lowest BCUT2D eigenvalue weighted by atomic mass is 9.69. The molecule has 2 amide bonds. The highest BCUT2D eigenvalue weighted by molar-refractivity contribution is 7.87. The van der Waals surface area contributed by atoms with Crippen molar-refractivity contribution < 1.29 is 98.3 Å². The van der Waals surface area contributed by atoms with Gasteiger partial charge in [0.2, 0.25) is 0 Å². The Labute approximate surface area is 503 Å². The van der Waals surface area contributed by atoms with E-state index in [0.29, 0.717) is 76.7 Å². The summed E-state index contributed by atoms with van der Waals surface area (Å²) in [5.74, 6) is -2.98. The molecule has 4 aromatic carbocycles. The lowest BCUT2D eigenvalue weighted by Crippen LogP contribution is -2.33. The molecule has 468 valence electrons. The number of carbonyl (C=O) groups is 3. The molecule has 2 heterocycles. The summed E-state index contributed by atoms with van der Waals surface area (Å²) in [5.41, 5.74) is 0.659. The van der Waals surface area contributed by atoms with Crippen molar-refractivity contribution in [3.63, 3.8) is 0 Å². The third-order valence-electron chi connectivity index (χ3n) is 15.4. The number of benzene rings is 4. The monoisotopic (exact) mass is 1310 g/mol. The van der Waals surface area contributed by atoms with E-state index in [4.69, 9.17) is 30.6 Å². The maximum atomic E-state index is 13.2. The van der Waals surface area contributed by atoms with Crippen molar-refractivity contribution in [1.29, 1.82) is 0 Å². The number of carbonyl (C=O) groups excluding carboxylic acids is 3. The van der Waals surface area contributed by atoms with Crippen LogP contribution < -0.4 is 4.90 Å². The molecule has 2 atom stereocenters. The van der Waals surface area contributed by atoms with Gasteiger partial charge in [-0.05, 0) is 139 Å². The zero-order chi connectivity index (χ0) is 63.5. The predicted octanol–water partition coefficient (Wildman–Crippen LogP) is 8.05. The van der Waals surface area contributed by atoms with Crippen LogP contribution in [0.3, 0.4) is 0 Å². The van der Waals surface area contributed by atoms with E-state index in [1.165, 1.54) is 25.3 Å². The summed E-state index contributed by atoms with van der Waals surface area (Å²) >= 11 is 7.30. The molecule has 2 unspecified atom stereocenters. The topological polar surface area (TPSA) is 366 Å². The molecule has 7 rings (SSSR count). The highest BCUT2D eigenvalue weighted by Gasteiger charge is 2.45. The summed E-state index contributed by atoms with van der Waals surface area (Å²) in [4.78, 5) is 41.4. The normalized spacial score (nSPS) is 19.0. The molecule has 4 aromatic rings. The first-order valence-electron chi connectivity index (χ1n) is 26.7. The van der Waals surface area contributed by atoms with Crippen LogP contribution in [0.4, 0.5) is 5.69 Å². The van der Waals surface area contributed by atoms with Crippen LogP contribution >= 0.6 is 11.6 Å². The zero-order valence-electron chi connectivity index (χ0n) is 47.1. The van der Waals surface area contributed by atoms with Crippen LogP contribution in [0.5, 0.6) is 0 Å². The van der Waals surface area contributed by atoms with Crippen LogP contribution in [0, 0.1) is 6.92 Å². The van der Waals surface area contributed by atoms with E-state index < -0.39 is 105 Å². The number of fused-ring (bicyclic) bond motifs is 4. The van der Waals surface area contributed by atoms with Crippen LogP contribution in [0.15, 0.2) is 126 Å². The van der Waals surface area contributed by atoms with Gasteiger partial charge >= 0.3 is 5.97 Å². The molecule has 3 aliphatic rings. The van der Waals surface area contributed by atoms with E-state index >= 15 is 0 Å². The Balaban J connectivity index is 1.36. The summed E-state index contributed by atoms with van der Waals surface area (Å²) in [6.07, 6.45) is 7.35. The average molecular weight is 1310 g/mol. The van der Waals surface area contributed by atoms with E-state index in [9.17, 15) is 79.2 Å². The molecule has 0 radical (unpaired) electrons. The number of anilines is 1. The number of ether oxygens (including phenoxy) is 3. The first kappa shape index (κ1) is 67.7.